The number of carbonyl (C=O) groups excluding carboxylic acids is 1. The van der Waals surface area contributed by atoms with Gasteiger partial charge >= 0.3 is 0 Å². The lowest BCUT2D eigenvalue weighted by Gasteiger charge is -2.04. The normalized spacial score (nSPS) is 11.7. The van der Waals surface area contributed by atoms with E-state index in [9.17, 15) is 13.2 Å². The molecule has 0 bridgehead atoms. The molecular formula is C14H14N2O3S2. The Morgan fingerprint density at radius 1 is 1.24 bits per heavy atom. The molecule has 5 nitrogen and oxygen atoms in total. The highest BCUT2D eigenvalue weighted by molar-refractivity contribution is 7.88. The van der Waals surface area contributed by atoms with Gasteiger partial charge in [-0.05, 0) is 35.2 Å². The lowest BCUT2D eigenvalue weighted by atomic mass is 10.2. The summed E-state index contributed by atoms with van der Waals surface area (Å²) in [5.74, 6) is -0.470. The van der Waals surface area contributed by atoms with Crippen LogP contribution in [0.25, 0.3) is 6.08 Å². The molecule has 7 heteroatoms. The van der Waals surface area contributed by atoms with Crippen molar-refractivity contribution in [3.8, 4) is 0 Å². The van der Waals surface area contributed by atoms with Gasteiger partial charge in [-0.25, -0.2) is 13.6 Å². The molecular weight excluding hydrogens is 308 g/mol. The molecule has 0 aliphatic carbocycles. The van der Waals surface area contributed by atoms with Gasteiger partial charge in [-0.3, -0.25) is 4.79 Å². The Labute approximate surface area is 127 Å². The molecule has 0 saturated carbocycles. The minimum absolute atomic E-state index is 0.223. The predicted molar refractivity (Wildman–Crippen MR) is 85.2 cm³/mol. The molecule has 1 aromatic heterocycles. The number of hydrogen-bond donors (Lipinski definition) is 2. The fraction of sp³-hybridized carbons (Fsp3) is 0.0714. The summed E-state index contributed by atoms with van der Waals surface area (Å²) in [4.78, 5) is 12.7. The predicted octanol–water partition coefficient (Wildman–Crippen LogP) is 2.19. The molecule has 3 N–H and O–H groups in total. The number of anilines is 1. The van der Waals surface area contributed by atoms with E-state index in [4.69, 9.17) is 5.14 Å². The van der Waals surface area contributed by atoms with Crippen LogP contribution in [0.3, 0.4) is 0 Å². The van der Waals surface area contributed by atoms with Gasteiger partial charge in [-0.15, -0.1) is 11.3 Å². The van der Waals surface area contributed by atoms with Crippen LogP contribution >= 0.6 is 11.3 Å². The second-order valence-electron chi connectivity index (χ2n) is 4.34. The van der Waals surface area contributed by atoms with Crippen molar-refractivity contribution in [2.24, 2.45) is 5.14 Å². The van der Waals surface area contributed by atoms with Gasteiger partial charge in [0, 0.05) is 16.6 Å². The zero-order valence-corrected chi connectivity index (χ0v) is 12.7. The van der Waals surface area contributed by atoms with E-state index in [0.717, 1.165) is 4.88 Å². The third-order valence-electron chi connectivity index (χ3n) is 2.53. The highest BCUT2D eigenvalue weighted by Gasteiger charge is 2.05. The first kappa shape index (κ1) is 15.4. The average Bonchev–Trinajstić information content (AvgIpc) is 2.90. The zero-order valence-electron chi connectivity index (χ0n) is 11.0. The van der Waals surface area contributed by atoms with Crippen molar-refractivity contribution < 1.29 is 13.2 Å². The topological polar surface area (TPSA) is 89.3 Å². The van der Waals surface area contributed by atoms with Crippen molar-refractivity contribution in [1.82, 2.24) is 0 Å². The molecule has 0 aliphatic heterocycles. The fourth-order valence-corrected chi connectivity index (χ4v) is 2.92. The first-order chi connectivity index (χ1) is 9.92. The van der Waals surface area contributed by atoms with Gasteiger partial charge in [0.15, 0.2) is 0 Å². The molecule has 21 heavy (non-hydrogen) atoms. The summed E-state index contributed by atoms with van der Waals surface area (Å²) in [6.45, 7) is 0. The summed E-state index contributed by atoms with van der Waals surface area (Å²) in [5, 5.41) is 9.59. The standard InChI is InChI=1S/C14H14N2O3S2/c15-21(18,19)10-11-3-5-12(6-4-11)16-14(17)8-7-13-2-1-9-20-13/h1-9H,10H2,(H,16,17)(H2,15,18,19). The smallest absolute Gasteiger partial charge is 0.248 e. The van der Waals surface area contributed by atoms with Gasteiger partial charge in [0.1, 0.15) is 0 Å². The summed E-state index contributed by atoms with van der Waals surface area (Å²) < 4.78 is 21.9. The van der Waals surface area contributed by atoms with E-state index in [-0.39, 0.29) is 11.7 Å². The van der Waals surface area contributed by atoms with E-state index in [2.05, 4.69) is 5.32 Å². The largest absolute Gasteiger partial charge is 0.323 e. The molecule has 0 saturated heterocycles. The number of carbonyl (C=O) groups is 1. The molecule has 2 aromatic rings. The summed E-state index contributed by atoms with van der Waals surface area (Å²) >= 11 is 1.54. The molecule has 1 aromatic carbocycles. The van der Waals surface area contributed by atoms with Crippen molar-refractivity contribution in [3.63, 3.8) is 0 Å². The lowest BCUT2D eigenvalue weighted by Crippen LogP contribution is -2.14. The van der Waals surface area contributed by atoms with E-state index in [0.29, 0.717) is 11.3 Å². The third-order valence-corrected chi connectivity index (χ3v) is 4.10. The summed E-state index contributed by atoms with van der Waals surface area (Å²) in [6, 6.07) is 10.3. The second-order valence-corrected chi connectivity index (χ2v) is 6.94. The SMILES string of the molecule is NS(=O)(=O)Cc1ccc(NC(=O)C=Cc2cccs2)cc1. The fourth-order valence-electron chi connectivity index (χ4n) is 1.64. The molecule has 2 rings (SSSR count). The number of amides is 1. The van der Waals surface area contributed by atoms with Crippen LogP contribution in [-0.4, -0.2) is 14.3 Å². The summed E-state index contributed by atoms with van der Waals surface area (Å²) in [7, 11) is -3.54. The van der Waals surface area contributed by atoms with E-state index in [1.807, 2.05) is 17.5 Å². The van der Waals surface area contributed by atoms with Crippen LogP contribution in [0.4, 0.5) is 5.69 Å². The summed E-state index contributed by atoms with van der Waals surface area (Å²) in [5.41, 5.74) is 1.17. The number of rotatable bonds is 5. The number of hydrogen-bond acceptors (Lipinski definition) is 4. The van der Waals surface area contributed by atoms with Crippen LogP contribution < -0.4 is 10.5 Å². The molecule has 0 unspecified atom stereocenters. The molecule has 110 valence electrons. The number of primary sulfonamides is 1. The Kier molecular flexibility index (Phi) is 4.89. The van der Waals surface area contributed by atoms with Crippen LogP contribution in [-0.2, 0) is 20.6 Å². The van der Waals surface area contributed by atoms with E-state index in [1.165, 1.54) is 6.08 Å². The minimum Gasteiger partial charge on any atom is -0.323 e. The number of sulfonamides is 1. The maximum absolute atomic E-state index is 11.7. The molecule has 1 heterocycles. The van der Waals surface area contributed by atoms with Gasteiger partial charge in [0.2, 0.25) is 15.9 Å². The van der Waals surface area contributed by atoms with Gasteiger partial charge in [0.25, 0.3) is 0 Å². The molecule has 1 amide bonds. The van der Waals surface area contributed by atoms with Gasteiger partial charge in [-0.1, -0.05) is 18.2 Å². The van der Waals surface area contributed by atoms with Crippen LogP contribution in [0, 0.1) is 0 Å². The maximum Gasteiger partial charge on any atom is 0.248 e. The number of thiophene rings is 1. The number of nitrogens with two attached hydrogens (primary N) is 1. The van der Waals surface area contributed by atoms with Gasteiger partial charge in [-0.2, -0.15) is 0 Å². The third kappa shape index (κ3) is 5.50. The lowest BCUT2D eigenvalue weighted by molar-refractivity contribution is -0.111. The van der Waals surface area contributed by atoms with Crippen molar-refractivity contribution in [1.29, 1.82) is 0 Å². The molecule has 0 radical (unpaired) electrons. The Morgan fingerprint density at radius 2 is 1.95 bits per heavy atom. The van der Waals surface area contributed by atoms with Crippen molar-refractivity contribution in [2.45, 2.75) is 5.75 Å². The Balaban J connectivity index is 1.95. The number of benzene rings is 1. The van der Waals surface area contributed by atoms with Crippen LogP contribution in [0.2, 0.25) is 0 Å². The molecule has 0 spiro atoms. The first-order valence-corrected chi connectivity index (χ1v) is 8.64. The van der Waals surface area contributed by atoms with E-state index < -0.39 is 10.0 Å². The van der Waals surface area contributed by atoms with Crippen molar-refractivity contribution in [2.75, 3.05) is 5.32 Å². The Hall–Kier alpha value is -1.96. The van der Waals surface area contributed by atoms with Crippen molar-refractivity contribution >= 4 is 39.0 Å². The maximum atomic E-state index is 11.7. The minimum atomic E-state index is -3.54. The summed E-state index contributed by atoms with van der Waals surface area (Å²) in [6.07, 6.45) is 3.18. The number of nitrogens with one attached hydrogen (secondary N) is 1. The van der Waals surface area contributed by atoms with Gasteiger partial charge < -0.3 is 5.32 Å². The van der Waals surface area contributed by atoms with Crippen LogP contribution in [0.5, 0.6) is 0 Å². The van der Waals surface area contributed by atoms with Crippen molar-refractivity contribution in [3.05, 3.63) is 58.3 Å². The van der Waals surface area contributed by atoms with Gasteiger partial charge in [0.05, 0.1) is 5.75 Å². The molecule has 0 fully saturated rings. The van der Waals surface area contributed by atoms with Crippen LogP contribution in [0.15, 0.2) is 47.9 Å². The quantitative estimate of drug-likeness (QED) is 0.827. The van der Waals surface area contributed by atoms with E-state index >= 15 is 0 Å². The zero-order chi connectivity index (χ0) is 15.3. The molecule has 0 aliphatic rings. The highest BCUT2D eigenvalue weighted by atomic mass is 32.2. The van der Waals surface area contributed by atoms with Crippen LogP contribution in [0.1, 0.15) is 10.4 Å². The van der Waals surface area contributed by atoms with E-state index in [1.54, 1.807) is 41.7 Å². The highest BCUT2D eigenvalue weighted by Crippen LogP contribution is 2.13. The Bertz CT molecular complexity index is 733. The Morgan fingerprint density at radius 3 is 2.52 bits per heavy atom. The monoisotopic (exact) mass is 322 g/mol. The molecule has 0 atom stereocenters. The first-order valence-electron chi connectivity index (χ1n) is 6.04. The second kappa shape index (κ2) is 6.66. The average molecular weight is 322 g/mol.